The lowest BCUT2D eigenvalue weighted by molar-refractivity contribution is -0.126. The fourth-order valence-corrected chi connectivity index (χ4v) is 7.02. The Labute approximate surface area is 208 Å². The van der Waals surface area contributed by atoms with E-state index in [1.165, 1.54) is 12.1 Å². The Morgan fingerprint density at radius 3 is 2.53 bits per heavy atom. The number of Topliss-reactive ketones (excluding diaryl/α,β-unsaturated/α-hetero) is 1. The van der Waals surface area contributed by atoms with Gasteiger partial charge in [0.25, 0.3) is 21.9 Å². The first-order valence-electron chi connectivity index (χ1n) is 11.8. The molecule has 0 N–H and O–H groups in total. The van der Waals surface area contributed by atoms with Gasteiger partial charge < -0.3 is 14.2 Å². The zero-order valence-corrected chi connectivity index (χ0v) is 20.7. The molecule has 192 valence electrons. The fraction of sp³-hybridized carbons (Fsp3) is 0.480. The van der Waals surface area contributed by atoms with Crippen LogP contribution in [0.5, 0.6) is 5.75 Å². The van der Waals surface area contributed by atoms with Gasteiger partial charge in [0.15, 0.2) is 0 Å². The van der Waals surface area contributed by atoms with Crippen LogP contribution in [0.15, 0.2) is 30.3 Å². The minimum Gasteiger partial charge on any atom is -0.491 e. The van der Waals surface area contributed by atoms with Crippen molar-refractivity contribution in [3.05, 3.63) is 41.5 Å². The van der Waals surface area contributed by atoms with E-state index in [2.05, 4.69) is 0 Å². The third kappa shape index (κ3) is 4.52. The second-order valence-electron chi connectivity index (χ2n) is 9.53. The number of methoxy groups -OCH3 is 1. The molecule has 2 bridgehead atoms. The number of rotatable bonds is 11. The summed E-state index contributed by atoms with van der Waals surface area (Å²) in [6.07, 6.45) is 2.12. The average molecular weight is 518 g/mol. The number of hydrogen-bond donors (Lipinski definition) is 0. The van der Waals surface area contributed by atoms with Gasteiger partial charge in [0.2, 0.25) is 0 Å². The molecule has 1 heterocycles. The molecule has 0 saturated heterocycles. The molecule has 2 saturated carbocycles. The Morgan fingerprint density at radius 1 is 1.03 bits per heavy atom. The second-order valence-corrected chi connectivity index (χ2v) is 11.1. The minimum absolute atomic E-state index is 0.0873. The molecule has 2 aromatic carbocycles. The summed E-state index contributed by atoms with van der Waals surface area (Å²) in [5, 5.41) is 1.28. The van der Waals surface area contributed by atoms with Crippen LogP contribution in [0.1, 0.15) is 46.4 Å². The molecular formula is C25H27NO9S. The molecule has 10 nitrogen and oxygen atoms in total. The van der Waals surface area contributed by atoms with Crippen molar-refractivity contribution in [2.45, 2.75) is 25.7 Å². The van der Waals surface area contributed by atoms with Gasteiger partial charge in [-0.15, -0.1) is 9.35 Å². The predicted octanol–water partition coefficient (Wildman–Crippen LogP) is 2.50. The summed E-state index contributed by atoms with van der Waals surface area (Å²) >= 11 is 0. The standard InChI is InChI=1S/C25H27NO9S/c1-32-7-8-33-9-10-34-18-12-17-3-2-4-19-22(17)20(13-18)24(29)26(23(19)28)35-36(30,31)15-25-6-5-16(14-25)11-21(25)27/h2-4,12-13,16H,5-11,14-15H2,1H3. The van der Waals surface area contributed by atoms with Gasteiger partial charge in [-0.25, -0.2) is 0 Å². The Kier molecular flexibility index (Phi) is 6.58. The molecule has 2 aliphatic carbocycles. The SMILES string of the molecule is COCCOCCOc1cc2c3c(cccc3c1)C(=O)N(OS(=O)(=O)CC13CCC(CC1=O)C3)C2=O. The van der Waals surface area contributed by atoms with Gasteiger partial charge in [0.1, 0.15) is 18.1 Å². The van der Waals surface area contributed by atoms with Crippen LogP contribution in [-0.4, -0.2) is 70.4 Å². The van der Waals surface area contributed by atoms with Crippen LogP contribution in [0.3, 0.4) is 0 Å². The van der Waals surface area contributed by atoms with E-state index in [0.717, 1.165) is 6.42 Å². The monoisotopic (exact) mass is 517 g/mol. The quantitative estimate of drug-likeness (QED) is 0.326. The van der Waals surface area contributed by atoms with Crippen molar-refractivity contribution in [2.75, 3.05) is 39.3 Å². The number of amides is 2. The van der Waals surface area contributed by atoms with E-state index in [4.69, 9.17) is 18.5 Å². The molecule has 2 atom stereocenters. The van der Waals surface area contributed by atoms with E-state index in [-0.39, 0.29) is 34.5 Å². The summed E-state index contributed by atoms with van der Waals surface area (Å²) in [4.78, 5) is 38.9. The number of carbonyl (C=O) groups is 3. The summed E-state index contributed by atoms with van der Waals surface area (Å²) in [5.74, 6) is -1.86. The summed E-state index contributed by atoms with van der Waals surface area (Å²) in [6, 6.07) is 8.04. The van der Waals surface area contributed by atoms with Crippen molar-refractivity contribution in [1.29, 1.82) is 0 Å². The molecule has 1 aliphatic heterocycles. The highest BCUT2D eigenvalue weighted by Crippen LogP contribution is 2.52. The summed E-state index contributed by atoms with van der Waals surface area (Å²) < 4.78 is 47.1. The topological polar surface area (TPSA) is 126 Å². The van der Waals surface area contributed by atoms with E-state index in [1.807, 2.05) is 0 Å². The first kappa shape index (κ1) is 24.8. The van der Waals surface area contributed by atoms with Crippen LogP contribution < -0.4 is 4.74 Å². The molecule has 11 heteroatoms. The first-order chi connectivity index (χ1) is 17.2. The largest absolute Gasteiger partial charge is 0.491 e. The molecule has 5 rings (SSSR count). The van der Waals surface area contributed by atoms with Gasteiger partial charge >= 0.3 is 0 Å². The zero-order chi connectivity index (χ0) is 25.5. The number of ketones is 1. The van der Waals surface area contributed by atoms with Gasteiger partial charge in [-0.1, -0.05) is 12.1 Å². The fourth-order valence-electron chi connectivity index (χ4n) is 5.51. The van der Waals surface area contributed by atoms with Gasteiger partial charge in [0.05, 0.1) is 36.7 Å². The molecule has 36 heavy (non-hydrogen) atoms. The van der Waals surface area contributed by atoms with Gasteiger partial charge in [-0.3, -0.25) is 14.4 Å². The van der Waals surface area contributed by atoms with Gasteiger partial charge in [-0.2, -0.15) is 8.42 Å². The number of carbonyl (C=O) groups excluding carboxylic acids is 3. The van der Waals surface area contributed by atoms with Crippen molar-refractivity contribution in [1.82, 2.24) is 5.06 Å². The van der Waals surface area contributed by atoms with Crippen LogP contribution in [0.4, 0.5) is 0 Å². The number of nitrogens with zero attached hydrogens (tertiary/aromatic N) is 1. The molecule has 0 radical (unpaired) electrons. The number of fused-ring (bicyclic) bond motifs is 2. The maximum Gasteiger partial charge on any atom is 0.289 e. The Bertz CT molecular complexity index is 1340. The number of hydrogen-bond acceptors (Lipinski definition) is 9. The van der Waals surface area contributed by atoms with Crippen LogP contribution in [-0.2, 0) is 28.7 Å². The van der Waals surface area contributed by atoms with Crippen molar-refractivity contribution in [3.8, 4) is 5.75 Å². The summed E-state index contributed by atoms with van der Waals surface area (Å²) in [5.41, 5.74) is -0.762. The lowest BCUT2D eigenvalue weighted by Gasteiger charge is -2.28. The third-order valence-corrected chi connectivity index (χ3v) is 8.41. The van der Waals surface area contributed by atoms with Gasteiger partial charge in [-0.05, 0) is 48.8 Å². The predicted molar refractivity (Wildman–Crippen MR) is 127 cm³/mol. The number of hydroxylamine groups is 2. The van der Waals surface area contributed by atoms with Crippen molar-refractivity contribution in [3.63, 3.8) is 0 Å². The molecule has 2 fully saturated rings. The Balaban J connectivity index is 1.37. The van der Waals surface area contributed by atoms with Crippen LogP contribution in [0.25, 0.3) is 10.8 Å². The molecule has 2 amide bonds. The Hall–Kier alpha value is -2.86. The molecule has 0 spiro atoms. The summed E-state index contributed by atoms with van der Waals surface area (Å²) in [7, 11) is -2.83. The lowest BCUT2D eigenvalue weighted by Crippen LogP contribution is -2.44. The molecule has 3 aliphatic rings. The highest BCUT2D eigenvalue weighted by molar-refractivity contribution is 7.86. The summed E-state index contributed by atoms with van der Waals surface area (Å²) in [6.45, 7) is 1.40. The molecule has 0 aromatic heterocycles. The zero-order valence-electron chi connectivity index (χ0n) is 19.9. The van der Waals surface area contributed by atoms with Crippen LogP contribution in [0, 0.1) is 11.3 Å². The molecule has 2 aromatic rings. The van der Waals surface area contributed by atoms with Crippen LogP contribution >= 0.6 is 0 Å². The van der Waals surface area contributed by atoms with Crippen molar-refractivity contribution < 1.29 is 41.3 Å². The van der Waals surface area contributed by atoms with Crippen molar-refractivity contribution >= 4 is 38.5 Å². The first-order valence-corrected chi connectivity index (χ1v) is 13.4. The average Bonchev–Trinajstić information content (AvgIpc) is 3.38. The normalized spacial score (nSPS) is 23.2. The van der Waals surface area contributed by atoms with Gasteiger partial charge in [0, 0.05) is 24.3 Å². The maximum absolute atomic E-state index is 13.3. The van der Waals surface area contributed by atoms with E-state index in [0.29, 0.717) is 55.6 Å². The van der Waals surface area contributed by atoms with E-state index in [9.17, 15) is 22.8 Å². The number of imide groups is 1. The lowest BCUT2D eigenvalue weighted by atomic mass is 9.85. The highest BCUT2D eigenvalue weighted by atomic mass is 32.2. The second kappa shape index (κ2) is 9.55. The van der Waals surface area contributed by atoms with Crippen molar-refractivity contribution in [2.24, 2.45) is 11.3 Å². The Morgan fingerprint density at radius 2 is 1.81 bits per heavy atom. The molecule has 2 unspecified atom stereocenters. The number of benzene rings is 2. The maximum atomic E-state index is 13.3. The van der Waals surface area contributed by atoms with Crippen LogP contribution in [0.2, 0.25) is 0 Å². The van der Waals surface area contributed by atoms with E-state index < -0.39 is 33.1 Å². The molecular weight excluding hydrogens is 490 g/mol. The highest BCUT2D eigenvalue weighted by Gasteiger charge is 2.54. The van der Waals surface area contributed by atoms with E-state index in [1.54, 1.807) is 25.3 Å². The minimum atomic E-state index is -4.41. The van der Waals surface area contributed by atoms with E-state index >= 15 is 0 Å². The third-order valence-electron chi connectivity index (χ3n) is 7.13. The number of ether oxygens (including phenoxy) is 3. The smallest absolute Gasteiger partial charge is 0.289 e.